The predicted octanol–water partition coefficient (Wildman–Crippen LogP) is 3.15. The Balaban J connectivity index is 1.71. The van der Waals surface area contributed by atoms with Gasteiger partial charge in [-0.2, -0.15) is 0 Å². The normalized spacial score (nSPS) is 14.1. The van der Waals surface area contributed by atoms with Crippen molar-refractivity contribution in [2.75, 3.05) is 5.32 Å². The molecule has 0 saturated carbocycles. The van der Waals surface area contributed by atoms with Crippen LogP contribution in [0.2, 0.25) is 0 Å². The topological polar surface area (TPSA) is 70.7 Å². The lowest BCUT2D eigenvalue weighted by Gasteiger charge is -2.10. The third kappa shape index (κ3) is 2.21. The summed E-state index contributed by atoms with van der Waals surface area (Å²) in [5.74, 6) is -0.139. The lowest BCUT2D eigenvalue weighted by molar-refractivity contribution is 0.102. The van der Waals surface area contributed by atoms with E-state index in [2.05, 4.69) is 20.5 Å². The quantitative estimate of drug-likeness (QED) is 0.763. The van der Waals surface area contributed by atoms with Crippen LogP contribution in [0.15, 0.2) is 23.7 Å². The Bertz CT molecular complexity index is 807. The summed E-state index contributed by atoms with van der Waals surface area (Å²) in [5.41, 5.74) is 6.08. The van der Waals surface area contributed by atoms with Crippen molar-refractivity contribution in [2.24, 2.45) is 0 Å². The molecule has 6 heteroatoms. The second-order valence-electron chi connectivity index (χ2n) is 5.25. The van der Waals surface area contributed by atoms with Crippen LogP contribution in [0.5, 0.6) is 0 Å². The third-order valence-electron chi connectivity index (χ3n) is 3.94. The number of amides is 1. The molecule has 1 aliphatic rings. The van der Waals surface area contributed by atoms with Gasteiger partial charge in [-0.3, -0.25) is 10.1 Å². The van der Waals surface area contributed by atoms with E-state index in [1.54, 1.807) is 5.51 Å². The standard InChI is InChI=1S/C15H14N4OS/c20-14(18-15-19-16-8-21-15)9-5-6-13-11(7-9)10-3-1-2-4-12(10)17-13/h5-8,17H,1-4H2,(H,18,19,20). The first-order valence-electron chi connectivity index (χ1n) is 7.02. The van der Waals surface area contributed by atoms with Gasteiger partial charge >= 0.3 is 0 Å². The van der Waals surface area contributed by atoms with Crippen molar-refractivity contribution in [1.29, 1.82) is 0 Å². The van der Waals surface area contributed by atoms with E-state index in [1.807, 2.05) is 18.2 Å². The zero-order chi connectivity index (χ0) is 14.2. The molecule has 1 amide bonds. The summed E-state index contributed by atoms with van der Waals surface area (Å²) in [7, 11) is 0. The number of H-pyrrole nitrogens is 1. The molecule has 1 aliphatic carbocycles. The van der Waals surface area contributed by atoms with Gasteiger partial charge in [0.2, 0.25) is 5.13 Å². The molecule has 0 saturated heterocycles. The molecule has 3 aromatic rings. The lowest BCUT2D eigenvalue weighted by Crippen LogP contribution is -2.11. The summed E-state index contributed by atoms with van der Waals surface area (Å²) in [4.78, 5) is 15.7. The van der Waals surface area contributed by atoms with Gasteiger partial charge in [-0.25, -0.2) is 0 Å². The molecule has 0 spiro atoms. The number of fused-ring (bicyclic) bond motifs is 3. The maximum absolute atomic E-state index is 12.3. The first-order chi connectivity index (χ1) is 10.3. The Labute approximate surface area is 125 Å². The fourth-order valence-corrected chi connectivity index (χ4v) is 3.38. The maximum atomic E-state index is 12.3. The minimum Gasteiger partial charge on any atom is -0.358 e. The zero-order valence-corrected chi connectivity index (χ0v) is 12.2. The van der Waals surface area contributed by atoms with E-state index in [0.717, 1.165) is 18.4 Å². The molecule has 2 heterocycles. The Kier molecular flexibility index (Phi) is 2.96. The van der Waals surface area contributed by atoms with E-state index in [9.17, 15) is 4.79 Å². The van der Waals surface area contributed by atoms with Crippen molar-refractivity contribution in [3.63, 3.8) is 0 Å². The fraction of sp³-hybridized carbons (Fsp3) is 0.267. The van der Waals surface area contributed by atoms with E-state index in [4.69, 9.17) is 0 Å². The van der Waals surface area contributed by atoms with Crippen molar-refractivity contribution in [1.82, 2.24) is 15.2 Å². The number of hydrogen-bond acceptors (Lipinski definition) is 4. The van der Waals surface area contributed by atoms with Crippen LogP contribution >= 0.6 is 11.3 Å². The molecule has 2 aromatic heterocycles. The van der Waals surface area contributed by atoms with Crippen LogP contribution in [0.4, 0.5) is 5.13 Å². The minimum atomic E-state index is -0.139. The van der Waals surface area contributed by atoms with Crippen LogP contribution in [-0.2, 0) is 12.8 Å². The minimum absolute atomic E-state index is 0.139. The van der Waals surface area contributed by atoms with Gasteiger partial charge in [0.1, 0.15) is 5.51 Å². The second-order valence-corrected chi connectivity index (χ2v) is 6.08. The molecule has 5 nitrogen and oxygen atoms in total. The SMILES string of the molecule is O=C(Nc1nncs1)c1ccc2[nH]c3c(c2c1)CCCC3. The molecule has 0 aliphatic heterocycles. The average molecular weight is 298 g/mol. The van der Waals surface area contributed by atoms with Gasteiger partial charge in [-0.1, -0.05) is 11.3 Å². The van der Waals surface area contributed by atoms with Crippen molar-refractivity contribution in [2.45, 2.75) is 25.7 Å². The van der Waals surface area contributed by atoms with Gasteiger partial charge in [0.25, 0.3) is 5.91 Å². The number of aryl methyl sites for hydroxylation is 2. The number of carbonyl (C=O) groups excluding carboxylic acids is 1. The van der Waals surface area contributed by atoms with Crippen molar-refractivity contribution in [3.8, 4) is 0 Å². The molecule has 4 rings (SSSR count). The second kappa shape index (κ2) is 4.96. The number of anilines is 1. The average Bonchev–Trinajstić information content (AvgIpc) is 3.13. The molecule has 0 bridgehead atoms. The van der Waals surface area contributed by atoms with Crippen molar-refractivity contribution >= 4 is 33.3 Å². The Morgan fingerprint density at radius 2 is 2.19 bits per heavy atom. The van der Waals surface area contributed by atoms with E-state index >= 15 is 0 Å². The maximum Gasteiger partial charge on any atom is 0.257 e. The summed E-state index contributed by atoms with van der Waals surface area (Å²) in [5, 5.41) is 12.0. The number of benzene rings is 1. The molecule has 0 atom stereocenters. The van der Waals surface area contributed by atoms with E-state index in [0.29, 0.717) is 10.7 Å². The van der Waals surface area contributed by atoms with Gasteiger partial charge in [-0.05, 0) is 49.4 Å². The highest BCUT2D eigenvalue weighted by atomic mass is 32.1. The summed E-state index contributed by atoms with van der Waals surface area (Å²) >= 11 is 1.31. The molecule has 0 unspecified atom stereocenters. The third-order valence-corrected chi connectivity index (χ3v) is 4.55. The van der Waals surface area contributed by atoms with E-state index in [1.165, 1.54) is 40.8 Å². The highest BCUT2D eigenvalue weighted by Crippen LogP contribution is 2.29. The van der Waals surface area contributed by atoms with Gasteiger partial charge in [0.05, 0.1) is 0 Å². The molecule has 0 fully saturated rings. The first kappa shape index (κ1) is 12.5. The number of nitrogens with one attached hydrogen (secondary N) is 2. The summed E-state index contributed by atoms with van der Waals surface area (Å²) in [6.07, 6.45) is 4.67. The first-order valence-corrected chi connectivity index (χ1v) is 7.90. The number of rotatable bonds is 2. The van der Waals surface area contributed by atoms with Gasteiger partial charge in [0, 0.05) is 22.2 Å². The largest absolute Gasteiger partial charge is 0.358 e. The lowest BCUT2D eigenvalue weighted by atomic mass is 9.95. The Hall–Kier alpha value is -2.21. The zero-order valence-electron chi connectivity index (χ0n) is 11.3. The highest BCUT2D eigenvalue weighted by molar-refractivity contribution is 7.13. The molecule has 106 valence electrons. The molecule has 21 heavy (non-hydrogen) atoms. The van der Waals surface area contributed by atoms with Gasteiger partial charge < -0.3 is 4.98 Å². The molecule has 0 radical (unpaired) electrons. The smallest absolute Gasteiger partial charge is 0.257 e. The molecular formula is C15H14N4OS. The summed E-state index contributed by atoms with van der Waals surface area (Å²) in [6, 6.07) is 5.82. The summed E-state index contributed by atoms with van der Waals surface area (Å²) < 4.78 is 0. The van der Waals surface area contributed by atoms with E-state index in [-0.39, 0.29) is 5.91 Å². The van der Waals surface area contributed by atoms with Crippen molar-refractivity contribution in [3.05, 3.63) is 40.5 Å². The van der Waals surface area contributed by atoms with E-state index < -0.39 is 0 Å². The number of hydrogen-bond donors (Lipinski definition) is 2. The monoisotopic (exact) mass is 298 g/mol. The number of nitrogens with zero attached hydrogens (tertiary/aromatic N) is 2. The van der Waals surface area contributed by atoms with Crippen LogP contribution in [0.1, 0.15) is 34.5 Å². The van der Waals surface area contributed by atoms with Crippen LogP contribution in [0.25, 0.3) is 10.9 Å². The summed E-state index contributed by atoms with van der Waals surface area (Å²) in [6.45, 7) is 0. The highest BCUT2D eigenvalue weighted by Gasteiger charge is 2.17. The van der Waals surface area contributed by atoms with Gasteiger partial charge in [0.15, 0.2) is 0 Å². The van der Waals surface area contributed by atoms with Crippen LogP contribution in [0, 0.1) is 0 Å². The van der Waals surface area contributed by atoms with Gasteiger partial charge in [-0.15, -0.1) is 10.2 Å². The van der Waals surface area contributed by atoms with Crippen LogP contribution < -0.4 is 5.32 Å². The molecular weight excluding hydrogens is 284 g/mol. The van der Waals surface area contributed by atoms with Crippen LogP contribution in [0.3, 0.4) is 0 Å². The molecule has 1 aromatic carbocycles. The number of aromatic nitrogens is 3. The van der Waals surface area contributed by atoms with Crippen LogP contribution in [-0.4, -0.2) is 21.1 Å². The number of aromatic amines is 1. The molecule has 2 N–H and O–H groups in total. The predicted molar refractivity (Wildman–Crippen MR) is 82.8 cm³/mol. The number of carbonyl (C=O) groups is 1. The van der Waals surface area contributed by atoms with Crippen molar-refractivity contribution < 1.29 is 4.79 Å². The fourth-order valence-electron chi connectivity index (χ4n) is 2.94. The Morgan fingerprint density at radius 3 is 3.05 bits per heavy atom. The Morgan fingerprint density at radius 1 is 1.29 bits per heavy atom.